The number of carbonyl (C=O) groups excluding carboxylic acids is 1. The quantitative estimate of drug-likeness (QED) is 0.537. The van der Waals surface area contributed by atoms with Gasteiger partial charge in [0.1, 0.15) is 11.3 Å². The summed E-state index contributed by atoms with van der Waals surface area (Å²) in [5.74, 6) is 0.295. The van der Waals surface area contributed by atoms with E-state index in [1.165, 1.54) is 0 Å². The summed E-state index contributed by atoms with van der Waals surface area (Å²) in [4.78, 5) is 16.6. The Labute approximate surface area is 161 Å². The molecule has 4 rings (SSSR count). The number of ether oxygens (including phenoxy) is 1. The van der Waals surface area contributed by atoms with Gasteiger partial charge in [-0.1, -0.05) is 11.6 Å². The Morgan fingerprint density at radius 2 is 2.11 bits per heavy atom. The van der Waals surface area contributed by atoms with Crippen molar-refractivity contribution < 1.29 is 9.53 Å². The van der Waals surface area contributed by atoms with Crippen molar-refractivity contribution in [1.29, 1.82) is 0 Å². The zero-order chi connectivity index (χ0) is 18.8. The van der Waals surface area contributed by atoms with E-state index in [9.17, 15) is 4.79 Å². The van der Waals surface area contributed by atoms with Crippen LogP contribution >= 0.6 is 11.6 Å². The summed E-state index contributed by atoms with van der Waals surface area (Å²) in [6.45, 7) is 2.90. The molecule has 6 heteroatoms. The van der Waals surface area contributed by atoms with Crippen LogP contribution in [-0.2, 0) is 11.3 Å². The molecule has 0 saturated heterocycles. The second-order valence-corrected chi connectivity index (χ2v) is 6.56. The third-order valence-electron chi connectivity index (χ3n) is 4.43. The third kappa shape index (κ3) is 3.46. The molecule has 2 aromatic heterocycles. The van der Waals surface area contributed by atoms with Crippen molar-refractivity contribution in [2.45, 2.75) is 13.5 Å². The van der Waals surface area contributed by atoms with Gasteiger partial charge in [-0.25, -0.2) is 0 Å². The van der Waals surface area contributed by atoms with Crippen molar-refractivity contribution in [3.8, 4) is 5.75 Å². The van der Waals surface area contributed by atoms with E-state index in [0.29, 0.717) is 16.3 Å². The van der Waals surface area contributed by atoms with E-state index >= 15 is 0 Å². The number of aryl methyl sites for hydroxylation is 1. The zero-order valence-electron chi connectivity index (χ0n) is 14.8. The molecule has 0 unspecified atom stereocenters. The Morgan fingerprint density at radius 1 is 1.22 bits per heavy atom. The molecule has 0 aliphatic carbocycles. The van der Waals surface area contributed by atoms with E-state index < -0.39 is 0 Å². The maximum absolute atomic E-state index is 12.3. The average Bonchev–Trinajstić information content (AvgIpc) is 3.10. The molecule has 0 saturated carbocycles. The lowest BCUT2D eigenvalue weighted by Gasteiger charge is -2.10. The molecule has 0 aliphatic rings. The van der Waals surface area contributed by atoms with Gasteiger partial charge in [-0.2, -0.15) is 0 Å². The summed E-state index contributed by atoms with van der Waals surface area (Å²) in [6, 6.07) is 15.0. The molecule has 1 amide bonds. The number of fused-ring (bicyclic) bond motifs is 2. The highest BCUT2D eigenvalue weighted by atomic mass is 35.5. The Bertz CT molecular complexity index is 1140. The van der Waals surface area contributed by atoms with Crippen LogP contribution in [-0.4, -0.2) is 22.1 Å². The van der Waals surface area contributed by atoms with Crippen LogP contribution in [0.5, 0.6) is 5.75 Å². The lowest BCUT2D eigenvalue weighted by molar-refractivity contribution is -0.118. The van der Waals surface area contributed by atoms with Gasteiger partial charge in [0.2, 0.25) is 0 Å². The fourth-order valence-corrected chi connectivity index (χ4v) is 3.34. The Morgan fingerprint density at radius 3 is 2.96 bits per heavy atom. The molecule has 27 heavy (non-hydrogen) atoms. The van der Waals surface area contributed by atoms with Crippen molar-refractivity contribution >= 4 is 45.0 Å². The minimum Gasteiger partial charge on any atom is -0.481 e. The standard InChI is InChI=1S/C21H18ClN3O2/c1-2-25-11-9-14-12-15(5-7-18(14)25)24-20(26)13-27-19-8-6-17(22)16-4-3-10-23-21(16)19/h3-12H,2,13H2,1H3,(H,24,26). The number of hydrogen-bond donors (Lipinski definition) is 1. The number of pyridine rings is 1. The molecular formula is C21H18ClN3O2. The summed E-state index contributed by atoms with van der Waals surface area (Å²) in [5, 5.41) is 5.35. The summed E-state index contributed by atoms with van der Waals surface area (Å²) < 4.78 is 7.84. The first-order valence-electron chi connectivity index (χ1n) is 8.70. The van der Waals surface area contributed by atoms with Crippen LogP contribution in [0.25, 0.3) is 21.8 Å². The molecule has 1 N–H and O–H groups in total. The van der Waals surface area contributed by atoms with Crippen molar-refractivity contribution in [1.82, 2.24) is 9.55 Å². The number of aromatic nitrogens is 2. The van der Waals surface area contributed by atoms with E-state index in [0.717, 1.165) is 28.5 Å². The van der Waals surface area contributed by atoms with Gasteiger partial charge in [-0.05, 0) is 55.5 Å². The van der Waals surface area contributed by atoms with E-state index in [1.54, 1.807) is 18.3 Å². The molecule has 0 atom stereocenters. The topological polar surface area (TPSA) is 56.2 Å². The van der Waals surface area contributed by atoms with E-state index in [2.05, 4.69) is 21.8 Å². The highest BCUT2D eigenvalue weighted by Gasteiger charge is 2.10. The van der Waals surface area contributed by atoms with Gasteiger partial charge in [0.25, 0.3) is 5.91 Å². The van der Waals surface area contributed by atoms with Crippen LogP contribution in [0.2, 0.25) is 5.02 Å². The number of nitrogens with one attached hydrogen (secondary N) is 1. The lowest BCUT2D eigenvalue weighted by atomic mass is 10.2. The fourth-order valence-electron chi connectivity index (χ4n) is 3.12. The highest BCUT2D eigenvalue weighted by Crippen LogP contribution is 2.29. The van der Waals surface area contributed by atoms with Gasteiger partial charge in [-0.3, -0.25) is 9.78 Å². The van der Waals surface area contributed by atoms with Crippen LogP contribution in [0.1, 0.15) is 6.92 Å². The largest absolute Gasteiger partial charge is 0.481 e. The maximum atomic E-state index is 12.3. The number of anilines is 1. The highest BCUT2D eigenvalue weighted by molar-refractivity contribution is 6.35. The Hall–Kier alpha value is -3.05. The number of benzene rings is 2. The third-order valence-corrected chi connectivity index (χ3v) is 4.76. The van der Waals surface area contributed by atoms with E-state index in [1.807, 2.05) is 42.6 Å². The predicted octanol–water partition coefficient (Wildman–Crippen LogP) is 4.88. The van der Waals surface area contributed by atoms with Crippen LogP contribution in [0.4, 0.5) is 5.69 Å². The van der Waals surface area contributed by atoms with Gasteiger partial charge in [-0.15, -0.1) is 0 Å². The number of nitrogens with zero attached hydrogens (tertiary/aromatic N) is 2. The van der Waals surface area contributed by atoms with Crippen molar-refractivity contribution in [2.75, 3.05) is 11.9 Å². The van der Waals surface area contributed by atoms with Crippen LogP contribution in [0, 0.1) is 0 Å². The number of carbonyl (C=O) groups is 1. The number of halogens is 1. The summed E-state index contributed by atoms with van der Waals surface area (Å²) in [5.41, 5.74) is 2.52. The van der Waals surface area contributed by atoms with Crippen molar-refractivity contribution in [3.05, 3.63) is 65.9 Å². The second-order valence-electron chi connectivity index (χ2n) is 6.16. The molecule has 2 heterocycles. The molecule has 0 spiro atoms. The predicted molar refractivity (Wildman–Crippen MR) is 108 cm³/mol. The summed E-state index contributed by atoms with van der Waals surface area (Å²) in [6.07, 6.45) is 3.71. The van der Waals surface area contributed by atoms with Crippen LogP contribution in [0.15, 0.2) is 60.9 Å². The lowest BCUT2D eigenvalue weighted by Crippen LogP contribution is -2.20. The minimum absolute atomic E-state index is 0.110. The molecule has 5 nitrogen and oxygen atoms in total. The monoisotopic (exact) mass is 379 g/mol. The molecule has 0 aliphatic heterocycles. The first-order valence-corrected chi connectivity index (χ1v) is 9.08. The Balaban J connectivity index is 1.47. The smallest absolute Gasteiger partial charge is 0.262 e. The van der Waals surface area contributed by atoms with E-state index in [-0.39, 0.29) is 12.5 Å². The second kappa shape index (κ2) is 7.29. The molecule has 136 valence electrons. The van der Waals surface area contributed by atoms with Crippen molar-refractivity contribution in [3.63, 3.8) is 0 Å². The average molecular weight is 380 g/mol. The van der Waals surface area contributed by atoms with Gasteiger partial charge < -0.3 is 14.6 Å². The zero-order valence-corrected chi connectivity index (χ0v) is 15.5. The fraction of sp³-hybridized carbons (Fsp3) is 0.143. The normalized spacial score (nSPS) is 11.0. The van der Waals surface area contributed by atoms with Gasteiger partial charge >= 0.3 is 0 Å². The first-order chi connectivity index (χ1) is 13.2. The number of rotatable bonds is 5. The first kappa shape index (κ1) is 17.4. The molecular weight excluding hydrogens is 362 g/mol. The molecule has 4 aromatic rings. The summed E-state index contributed by atoms with van der Waals surface area (Å²) in [7, 11) is 0. The molecule has 0 fully saturated rings. The van der Waals surface area contributed by atoms with Gasteiger partial charge in [0, 0.05) is 40.9 Å². The molecule has 0 radical (unpaired) electrons. The minimum atomic E-state index is -0.233. The van der Waals surface area contributed by atoms with E-state index in [4.69, 9.17) is 16.3 Å². The summed E-state index contributed by atoms with van der Waals surface area (Å²) >= 11 is 6.18. The van der Waals surface area contributed by atoms with Crippen molar-refractivity contribution in [2.24, 2.45) is 0 Å². The number of amides is 1. The molecule has 2 aromatic carbocycles. The SMILES string of the molecule is CCn1ccc2cc(NC(=O)COc3ccc(Cl)c4cccnc34)ccc21. The Kier molecular flexibility index (Phi) is 4.69. The van der Waals surface area contributed by atoms with Gasteiger partial charge in [0.05, 0.1) is 5.02 Å². The van der Waals surface area contributed by atoms with Gasteiger partial charge in [0.15, 0.2) is 6.61 Å². The number of hydrogen-bond acceptors (Lipinski definition) is 3. The molecule has 0 bridgehead atoms. The maximum Gasteiger partial charge on any atom is 0.262 e. The van der Waals surface area contributed by atoms with Crippen LogP contribution < -0.4 is 10.1 Å². The van der Waals surface area contributed by atoms with Crippen LogP contribution in [0.3, 0.4) is 0 Å².